The van der Waals surface area contributed by atoms with Gasteiger partial charge in [-0.15, -0.1) is 0 Å². The van der Waals surface area contributed by atoms with Gasteiger partial charge in [-0.25, -0.2) is 5.48 Å². The zero-order valence-corrected chi connectivity index (χ0v) is 13.1. The molecule has 1 aromatic heterocycles. The van der Waals surface area contributed by atoms with Gasteiger partial charge < -0.3 is 10.3 Å². The van der Waals surface area contributed by atoms with Crippen LogP contribution in [-0.2, 0) is 17.8 Å². The Morgan fingerprint density at radius 1 is 1.32 bits per heavy atom. The van der Waals surface area contributed by atoms with Crippen LogP contribution in [0, 0.1) is 0 Å². The Hall–Kier alpha value is -1.85. The number of rotatable bonds is 8. The number of aryl methyl sites for hydroxylation is 1. The van der Waals surface area contributed by atoms with Crippen molar-refractivity contribution in [1.29, 1.82) is 0 Å². The van der Waals surface area contributed by atoms with Gasteiger partial charge in [0.25, 0.3) is 5.91 Å². The van der Waals surface area contributed by atoms with Crippen LogP contribution >= 0.6 is 0 Å². The van der Waals surface area contributed by atoms with Gasteiger partial charge in [-0.05, 0) is 24.5 Å². The third-order valence-electron chi connectivity index (χ3n) is 4.01. The first kappa shape index (κ1) is 16.5. The van der Waals surface area contributed by atoms with Crippen molar-refractivity contribution in [2.24, 2.45) is 5.73 Å². The summed E-state index contributed by atoms with van der Waals surface area (Å²) in [5.74, 6) is -0.556. The molecule has 1 aromatic carbocycles. The first-order chi connectivity index (χ1) is 10.7. The average Bonchev–Trinajstić information content (AvgIpc) is 2.89. The van der Waals surface area contributed by atoms with Gasteiger partial charge in [0.05, 0.1) is 6.04 Å². The largest absolute Gasteiger partial charge is 0.347 e. The van der Waals surface area contributed by atoms with Crippen LogP contribution in [0.4, 0.5) is 0 Å². The number of nitrogens with zero attached hydrogens (tertiary/aromatic N) is 1. The molecule has 0 spiro atoms. The lowest BCUT2D eigenvalue weighted by Crippen LogP contribution is -2.40. The predicted octanol–water partition coefficient (Wildman–Crippen LogP) is 2.60. The van der Waals surface area contributed by atoms with Crippen LogP contribution < -0.4 is 11.2 Å². The van der Waals surface area contributed by atoms with Gasteiger partial charge in [0.2, 0.25) is 0 Å². The maximum absolute atomic E-state index is 11.4. The lowest BCUT2D eigenvalue weighted by atomic mass is 10.1. The molecule has 0 aliphatic carbocycles. The summed E-state index contributed by atoms with van der Waals surface area (Å²) in [6.07, 6.45) is 7.35. The van der Waals surface area contributed by atoms with Gasteiger partial charge >= 0.3 is 0 Å². The third-order valence-corrected chi connectivity index (χ3v) is 4.01. The Kier molecular flexibility index (Phi) is 5.98. The molecule has 1 atom stereocenters. The molecule has 5 heteroatoms. The maximum Gasteiger partial charge on any atom is 0.260 e. The molecule has 0 aliphatic rings. The number of nitrogens with two attached hydrogens (primary N) is 1. The van der Waals surface area contributed by atoms with E-state index in [0.29, 0.717) is 6.42 Å². The molecule has 1 heterocycles. The molecule has 2 rings (SSSR count). The summed E-state index contributed by atoms with van der Waals surface area (Å²) >= 11 is 0. The summed E-state index contributed by atoms with van der Waals surface area (Å²) in [6, 6.07) is 7.41. The van der Waals surface area contributed by atoms with E-state index in [0.717, 1.165) is 23.9 Å². The minimum Gasteiger partial charge on any atom is -0.347 e. The Morgan fingerprint density at radius 2 is 2.09 bits per heavy atom. The van der Waals surface area contributed by atoms with Crippen molar-refractivity contribution in [3.63, 3.8) is 0 Å². The number of unbranched alkanes of at least 4 members (excludes halogenated alkanes) is 3. The number of amides is 1. The fourth-order valence-electron chi connectivity index (χ4n) is 2.79. The number of fused-ring (bicyclic) bond motifs is 1. The highest BCUT2D eigenvalue weighted by molar-refractivity contribution is 5.86. The first-order valence-electron chi connectivity index (χ1n) is 7.93. The lowest BCUT2D eigenvalue weighted by Gasteiger charge is -2.08. The molecule has 1 unspecified atom stereocenters. The summed E-state index contributed by atoms with van der Waals surface area (Å²) < 4.78 is 2.24. The molecule has 0 saturated heterocycles. The van der Waals surface area contributed by atoms with E-state index >= 15 is 0 Å². The minimum atomic E-state index is -0.746. The van der Waals surface area contributed by atoms with Crippen molar-refractivity contribution in [3.8, 4) is 0 Å². The second-order valence-electron chi connectivity index (χ2n) is 5.71. The molecule has 4 N–H and O–H groups in total. The number of aromatic nitrogens is 1. The van der Waals surface area contributed by atoms with Gasteiger partial charge in [-0.3, -0.25) is 10.0 Å². The Morgan fingerprint density at radius 3 is 2.82 bits per heavy atom. The highest BCUT2D eigenvalue weighted by Gasteiger charge is 2.16. The van der Waals surface area contributed by atoms with Crippen molar-refractivity contribution in [3.05, 3.63) is 36.0 Å². The second kappa shape index (κ2) is 7.96. The predicted molar refractivity (Wildman–Crippen MR) is 87.7 cm³/mol. The molecule has 0 radical (unpaired) electrons. The number of carbonyl (C=O) groups is 1. The molecule has 0 aliphatic heterocycles. The lowest BCUT2D eigenvalue weighted by molar-refractivity contribution is -0.130. The van der Waals surface area contributed by atoms with Crippen LogP contribution in [0.15, 0.2) is 30.5 Å². The van der Waals surface area contributed by atoms with E-state index in [9.17, 15) is 4.79 Å². The van der Waals surface area contributed by atoms with Crippen molar-refractivity contribution >= 4 is 16.8 Å². The molecule has 5 nitrogen and oxygen atoms in total. The van der Waals surface area contributed by atoms with Gasteiger partial charge in [0.15, 0.2) is 0 Å². The van der Waals surface area contributed by atoms with Crippen molar-refractivity contribution in [2.45, 2.75) is 51.6 Å². The number of hydrogen-bond donors (Lipinski definition) is 3. The molecule has 2 aromatic rings. The van der Waals surface area contributed by atoms with Gasteiger partial charge in [-0.2, -0.15) is 0 Å². The van der Waals surface area contributed by atoms with Crippen LogP contribution in [0.2, 0.25) is 0 Å². The smallest absolute Gasteiger partial charge is 0.260 e. The fourth-order valence-corrected chi connectivity index (χ4v) is 2.79. The molecule has 0 fully saturated rings. The average molecular weight is 303 g/mol. The monoisotopic (exact) mass is 303 g/mol. The summed E-state index contributed by atoms with van der Waals surface area (Å²) in [5, 5.41) is 9.81. The van der Waals surface area contributed by atoms with Crippen molar-refractivity contribution < 1.29 is 10.0 Å². The van der Waals surface area contributed by atoms with Crippen LogP contribution in [0.3, 0.4) is 0 Å². The summed E-state index contributed by atoms with van der Waals surface area (Å²) in [6.45, 7) is 3.18. The zero-order chi connectivity index (χ0) is 15.9. The van der Waals surface area contributed by atoms with E-state index < -0.39 is 11.9 Å². The SMILES string of the molecule is CCCCCCn1cc(CC(N)C(=O)NO)c2ccccc21. The van der Waals surface area contributed by atoms with E-state index in [2.05, 4.69) is 29.8 Å². The summed E-state index contributed by atoms with van der Waals surface area (Å²) in [5.41, 5.74) is 9.65. The Balaban J connectivity index is 2.18. The number of para-hydroxylation sites is 1. The standard InChI is InChI=1S/C17H25N3O2/c1-2-3-4-7-10-20-12-13(11-15(18)17(21)19-22)14-8-5-6-9-16(14)20/h5-6,8-9,12,15,22H,2-4,7,10-11,18H2,1H3,(H,19,21). The van der Waals surface area contributed by atoms with Crippen LogP contribution in [0.1, 0.15) is 38.2 Å². The third kappa shape index (κ3) is 3.87. The van der Waals surface area contributed by atoms with Crippen LogP contribution in [-0.4, -0.2) is 21.7 Å². The molecule has 0 bridgehead atoms. The van der Waals surface area contributed by atoms with Crippen LogP contribution in [0.25, 0.3) is 10.9 Å². The van der Waals surface area contributed by atoms with Crippen LogP contribution in [0.5, 0.6) is 0 Å². The van der Waals surface area contributed by atoms with Gasteiger partial charge in [0, 0.05) is 23.6 Å². The second-order valence-corrected chi connectivity index (χ2v) is 5.71. The van der Waals surface area contributed by atoms with Crippen molar-refractivity contribution in [1.82, 2.24) is 10.0 Å². The highest BCUT2D eigenvalue weighted by Crippen LogP contribution is 2.23. The van der Waals surface area contributed by atoms with E-state index in [1.54, 1.807) is 5.48 Å². The number of benzene rings is 1. The van der Waals surface area contributed by atoms with E-state index in [1.807, 2.05) is 12.1 Å². The molecular formula is C17H25N3O2. The summed E-state index contributed by atoms with van der Waals surface area (Å²) in [4.78, 5) is 11.4. The van der Waals surface area contributed by atoms with E-state index in [1.165, 1.54) is 24.8 Å². The Bertz CT molecular complexity index is 621. The Labute approximate surface area is 131 Å². The summed E-state index contributed by atoms with van der Waals surface area (Å²) in [7, 11) is 0. The molecule has 120 valence electrons. The van der Waals surface area contributed by atoms with E-state index in [-0.39, 0.29) is 0 Å². The number of hydrogen-bond acceptors (Lipinski definition) is 3. The maximum atomic E-state index is 11.4. The number of carbonyl (C=O) groups excluding carboxylic acids is 1. The minimum absolute atomic E-state index is 0.412. The van der Waals surface area contributed by atoms with E-state index in [4.69, 9.17) is 10.9 Å². The topological polar surface area (TPSA) is 80.3 Å². The van der Waals surface area contributed by atoms with Gasteiger partial charge in [-0.1, -0.05) is 44.4 Å². The normalized spacial score (nSPS) is 12.5. The highest BCUT2D eigenvalue weighted by atomic mass is 16.5. The molecule has 1 amide bonds. The zero-order valence-electron chi connectivity index (χ0n) is 13.1. The molecule has 22 heavy (non-hydrogen) atoms. The first-order valence-corrected chi connectivity index (χ1v) is 7.93. The number of nitrogens with one attached hydrogen (secondary N) is 1. The van der Waals surface area contributed by atoms with Gasteiger partial charge in [0.1, 0.15) is 0 Å². The number of hydroxylamine groups is 1. The molecule has 0 saturated carbocycles. The molecular weight excluding hydrogens is 278 g/mol. The quantitative estimate of drug-likeness (QED) is 0.398. The fraction of sp³-hybridized carbons (Fsp3) is 0.471. The van der Waals surface area contributed by atoms with Crippen molar-refractivity contribution in [2.75, 3.05) is 0 Å².